The zero-order chi connectivity index (χ0) is 25.3. The monoisotopic (exact) mass is 486 g/mol. The van der Waals surface area contributed by atoms with Crippen LogP contribution in [0.5, 0.6) is 5.75 Å². The van der Waals surface area contributed by atoms with Crippen molar-refractivity contribution >= 4 is 29.1 Å². The minimum absolute atomic E-state index is 0.162. The van der Waals surface area contributed by atoms with Crippen LogP contribution in [0.1, 0.15) is 47.0 Å². The van der Waals surface area contributed by atoms with Crippen molar-refractivity contribution < 1.29 is 23.1 Å². The van der Waals surface area contributed by atoms with Crippen LogP contribution in [0.15, 0.2) is 82.0 Å². The van der Waals surface area contributed by atoms with Crippen LogP contribution in [0.3, 0.4) is 0 Å². The first-order valence-corrected chi connectivity index (χ1v) is 11.9. The third-order valence-corrected chi connectivity index (χ3v) is 5.65. The highest BCUT2D eigenvalue weighted by Crippen LogP contribution is 2.23. The Bertz CT molecular complexity index is 1420. The molecule has 0 aliphatic rings. The zero-order valence-electron chi connectivity index (χ0n) is 20.0. The van der Waals surface area contributed by atoms with Gasteiger partial charge in [0.2, 0.25) is 5.76 Å². The van der Waals surface area contributed by atoms with E-state index in [0.29, 0.717) is 28.9 Å². The molecule has 1 aromatic heterocycles. The topological polar surface area (TPSA) is 65.7 Å². The number of fused-ring (bicyclic) bond motifs is 1. The molecule has 0 saturated carbocycles. The second-order valence-electron chi connectivity index (χ2n) is 8.23. The molecular weight excluding hydrogens is 459 g/mol. The van der Waals surface area contributed by atoms with Gasteiger partial charge in [-0.3, -0.25) is 4.79 Å². The molecule has 36 heavy (non-hydrogen) atoms. The summed E-state index contributed by atoms with van der Waals surface area (Å²) >= 11 is 0. The van der Waals surface area contributed by atoms with Gasteiger partial charge in [0.1, 0.15) is 17.1 Å². The lowest BCUT2D eigenvalue weighted by Crippen LogP contribution is -2.10. The van der Waals surface area contributed by atoms with Crippen LogP contribution in [0, 0.1) is 5.82 Å². The van der Waals surface area contributed by atoms with Crippen LogP contribution < -0.4 is 10.2 Å². The number of carbonyl (C=O) groups is 1. The van der Waals surface area contributed by atoms with Gasteiger partial charge in [-0.15, -0.1) is 0 Å². The molecule has 0 saturated heterocycles. The van der Waals surface area contributed by atoms with Gasteiger partial charge in [0, 0.05) is 23.3 Å². The van der Waals surface area contributed by atoms with E-state index in [1.807, 2.05) is 18.2 Å². The predicted molar refractivity (Wildman–Crippen MR) is 139 cm³/mol. The molecule has 0 fully saturated rings. The van der Waals surface area contributed by atoms with Crippen molar-refractivity contribution in [2.75, 3.05) is 13.2 Å². The highest BCUT2D eigenvalue weighted by atomic mass is 19.1. The molecule has 184 valence electrons. The summed E-state index contributed by atoms with van der Waals surface area (Å²) in [5, 5.41) is 0.321. The lowest BCUT2D eigenvalue weighted by molar-refractivity contribution is 0.0490. The highest BCUT2D eigenvalue weighted by molar-refractivity contribution is 5.92. The fourth-order valence-electron chi connectivity index (χ4n) is 3.81. The molecule has 0 amide bonds. The summed E-state index contributed by atoms with van der Waals surface area (Å²) in [6.45, 7) is 2.34. The van der Waals surface area contributed by atoms with Gasteiger partial charge in [-0.25, -0.2) is 9.18 Å². The Hall–Kier alpha value is -4.19. The molecule has 6 heteroatoms. The minimum Gasteiger partial charge on any atom is -0.493 e. The van der Waals surface area contributed by atoms with E-state index in [2.05, 4.69) is 12.1 Å². The number of carbonyl (C=O) groups excluding carboxylic acids is 1. The molecule has 5 nitrogen and oxygen atoms in total. The predicted octanol–water partition coefficient (Wildman–Crippen LogP) is 6.68. The van der Waals surface area contributed by atoms with Crippen LogP contribution in [-0.2, 0) is 11.2 Å². The quantitative estimate of drug-likeness (QED) is 0.142. The zero-order valence-corrected chi connectivity index (χ0v) is 20.0. The maximum Gasteiger partial charge on any atom is 0.374 e. The summed E-state index contributed by atoms with van der Waals surface area (Å²) in [6.07, 6.45) is 6.08. The molecule has 3 aromatic carbocycles. The minimum atomic E-state index is -0.711. The maximum atomic E-state index is 14.7. The molecule has 0 bridgehead atoms. The van der Waals surface area contributed by atoms with E-state index in [0.717, 1.165) is 25.3 Å². The van der Waals surface area contributed by atoms with Crippen molar-refractivity contribution in [1.29, 1.82) is 0 Å². The van der Waals surface area contributed by atoms with Crippen LogP contribution >= 0.6 is 0 Å². The van der Waals surface area contributed by atoms with Gasteiger partial charge in [0.05, 0.1) is 18.6 Å². The number of hydrogen-bond donors (Lipinski definition) is 0. The molecule has 1 heterocycles. The Morgan fingerprint density at radius 3 is 2.53 bits per heavy atom. The average Bonchev–Trinajstić information content (AvgIpc) is 2.89. The van der Waals surface area contributed by atoms with Gasteiger partial charge in [-0.1, -0.05) is 54.6 Å². The Labute approximate surface area is 208 Å². The van der Waals surface area contributed by atoms with Gasteiger partial charge in [0.25, 0.3) is 0 Å². The summed E-state index contributed by atoms with van der Waals surface area (Å²) in [5.41, 5.74) is 2.06. The summed E-state index contributed by atoms with van der Waals surface area (Å²) < 4.78 is 31.0. The number of aryl methyl sites for hydroxylation is 1. The molecule has 0 aliphatic carbocycles. The molecular formula is C30H27FO5. The van der Waals surface area contributed by atoms with Crippen molar-refractivity contribution in [2.45, 2.75) is 26.2 Å². The molecule has 0 atom stereocenters. The molecule has 0 radical (unpaired) electrons. The summed E-state index contributed by atoms with van der Waals surface area (Å²) in [6, 6.07) is 21.1. The van der Waals surface area contributed by atoms with Crippen molar-refractivity contribution in [3.63, 3.8) is 0 Å². The smallest absolute Gasteiger partial charge is 0.374 e. The van der Waals surface area contributed by atoms with E-state index in [4.69, 9.17) is 13.9 Å². The van der Waals surface area contributed by atoms with Gasteiger partial charge in [-0.05, 0) is 49.9 Å². The van der Waals surface area contributed by atoms with Crippen LogP contribution in [-0.4, -0.2) is 19.2 Å². The van der Waals surface area contributed by atoms with Gasteiger partial charge >= 0.3 is 5.97 Å². The molecule has 0 aliphatic heterocycles. The normalized spacial score (nSPS) is 11.2. The number of esters is 1. The Kier molecular flexibility index (Phi) is 8.29. The first-order valence-electron chi connectivity index (χ1n) is 11.9. The Morgan fingerprint density at radius 1 is 0.944 bits per heavy atom. The molecule has 4 aromatic rings. The maximum absolute atomic E-state index is 14.7. The molecule has 0 N–H and O–H groups in total. The fourth-order valence-corrected chi connectivity index (χ4v) is 3.81. The Morgan fingerprint density at radius 2 is 1.75 bits per heavy atom. The number of rotatable bonds is 10. The molecule has 4 rings (SSSR count). The van der Waals surface area contributed by atoms with Gasteiger partial charge in [-0.2, -0.15) is 0 Å². The van der Waals surface area contributed by atoms with E-state index >= 15 is 0 Å². The second kappa shape index (κ2) is 12.0. The molecule has 0 unspecified atom stereocenters. The Balaban J connectivity index is 1.43. The van der Waals surface area contributed by atoms with Crippen LogP contribution in [0.4, 0.5) is 4.39 Å². The third kappa shape index (κ3) is 6.27. The number of hydrogen-bond acceptors (Lipinski definition) is 5. The van der Waals surface area contributed by atoms with Gasteiger partial charge < -0.3 is 13.9 Å². The lowest BCUT2D eigenvalue weighted by Gasteiger charge is -2.08. The standard InChI is InChI=1S/C30H27FO5/c1-2-34-30(33)28-20-27(32)25-13-8-12-23(29(25)36-28)15-14-22-16-17-24(19-26(22)31)35-18-7-6-11-21-9-4-3-5-10-21/h3-5,8-10,12-17,19-20H,2,6-7,11,18H2,1H3/b15-14+. The van der Waals surface area contributed by atoms with E-state index < -0.39 is 11.8 Å². The first-order chi connectivity index (χ1) is 17.5. The van der Waals surface area contributed by atoms with E-state index in [1.165, 1.54) is 11.6 Å². The van der Waals surface area contributed by atoms with E-state index in [1.54, 1.807) is 49.4 Å². The number of halogens is 1. The van der Waals surface area contributed by atoms with Crippen LogP contribution in [0.25, 0.3) is 23.1 Å². The second-order valence-corrected chi connectivity index (χ2v) is 8.23. The number of para-hydroxylation sites is 1. The highest BCUT2D eigenvalue weighted by Gasteiger charge is 2.14. The first kappa shape index (κ1) is 24.9. The lowest BCUT2D eigenvalue weighted by atomic mass is 10.1. The molecule has 0 spiro atoms. The van der Waals surface area contributed by atoms with Gasteiger partial charge in [0.15, 0.2) is 5.43 Å². The van der Waals surface area contributed by atoms with Crippen molar-refractivity contribution in [2.24, 2.45) is 0 Å². The fraction of sp³-hybridized carbons (Fsp3) is 0.200. The van der Waals surface area contributed by atoms with Crippen molar-refractivity contribution in [1.82, 2.24) is 0 Å². The van der Waals surface area contributed by atoms with Crippen molar-refractivity contribution in [3.05, 3.63) is 111 Å². The number of unbranched alkanes of at least 4 members (excludes halogenated alkanes) is 1. The largest absolute Gasteiger partial charge is 0.493 e. The average molecular weight is 487 g/mol. The number of benzene rings is 3. The summed E-state index contributed by atoms with van der Waals surface area (Å²) in [4.78, 5) is 24.5. The van der Waals surface area contributed by atoms with Crippen LogP contribution in [0.2, 0.25) is 0 Å². The summed E-state index contributed by atoms with van der Waals surface area (Å²) in [5.74, 6) is -0.842. The number of ether oxygens (including phenoxy) is 2. The summed E-state index contributed by atoms with van der Waals surface area (Å²) in [7, 11) is 0. The van der Waals surface area contributed by atoms with E-state index in [9.17, 15) is 14.0 Å². The van der Waals surface area contributed by atoms with E-state index in [-0.39, 0.29) is 23.4 Å². The SMILES string of the molecule is CCOC(=O)c1cc(=O)c2cccc(/C=C/c3ccc(OCCCCc4ccccc4)cc3F)c2o1. The van der Waals surface area contributed by atoms with Crippen molar-refractivity contribution in [3.8, 4) is 5.75 Å². The third-order valence-electron chi connectivity index (χ3n) is 5.65.